The molecule has 8 heteroatoms. The highest BCUT2D eigenvalue weighted by Gasteiger charge is 2.24. The largest absolute Gasteiger partial charge is 0.449 e. The first-order chi connectivity index (χ1) is 13.2. The predicted molar refractivity (Wildman–Crippen MR) is 99.5 cm³/mol. The van der Waals surface area contributed by atoms with E-state index < -0.39 is 0 Å². The Hall–Kier alpha value is -3.16. The molecule has 0 spiro atoms. The topological polar surface area (TPSA) is 96.5 Å². The van der Waals surface area contributed by atoms with Crippen LogP contribution in [0.1, 0.15) is 22.5 Å². The van der Waals surface area contributed by atoms with Crippen LogP contribution in [-0.4, -0.2) is 59.7 Å². The number of ether oxygens (including phenoxy) is 1. The molecule has 2 N–H and O–H groups in total. The summed E-state index contributed by atoms with van der Waals surface area (Å²) in [7, 11) is 0. The Morgan fingerprint density at radius 2 is 2.04 bits per heavy atom. The highest BCUT2D eigenvalue weighted by atomic mass is 16.6. The third-order valence-corrected chi connectivity index (χ3v) is 4.64. The van der Waals surface area contributed by atoms with Gasteiger partial charge in [-0.1, -0.05) is 30.3 Å². The Balaban J connectivity index is 1.57. The van der Waals surface area contributed by atoms with Gasteiger partial charge in [-0.25, -0.2) is 14.8 Å². The fraction of sp³-hybridized carbons (Fsp3) is 0.368. The molecule has 0 aliphatic carbocycles. The standard InChI is InChI=1S/C19H21N5O3/c25-18-15-14(7-8-21-18)17(20-9-11-24-10-4-12-27-19(24)26)23-16(22-15)13-5-2-1-3-6-13/h1-3,5-6H,4,7-12H2,(H,21,25)(H,20,22,23). The Morgan fingerprint density at radius 1 is 1.19 bits per heavy atom. The van der Waals surface area contributed by atoms with Crippen LogP contribution in [0.3, 0.4) is 0 Å². The van der Waals surface area contributed by atoms with Crippen molar-refractivity contribution in [2.75, 3.05) is 38.1 Å². The molecule has 1 saturated heterocycles. The van der Waals surface area contributed by atoms with Crippen molar-refractivity contribution in [2.45, 2.75) is 12.8 Å². The lowest BCUT2D eigenvalue weighted by atomic mass is 10.1. The average molecular weight is 367 g/mol. The van der Waals surface area contributed by atoms with Gasteiger partial charge in [-0.2, -0.15) is 0 Å². The summed E-state index contributed by atoms with van der Waals surface area (Å²) in [5.74, 6) is 0.976. The number of benzene rings is 1. The molecule has 4 rings (SSSR count). The highest BCUT2D eigenvalue weighted by Crippen LogP contribution is 2.24. The summed E-state index contributed by atoms with van der Waals surface area (Å²) in [6.45, 7) is 2.78. The maximum Gasteiger partial charge on any atom is 0.409 e. The summed E-state index contributed by atoms with van der Waals surface area (Å²) in [5.41, 5.74) is 2.08. The first-order valence-corrected chi connectivity index (χ1v) is 9.12. The molecule has 2 amide bonds. The maximum atomic E-state index is 12.3. The summed E-state index contributed by atoms with van der Waals surface area (Å²) >= 11 is 0. The molecule has 1 aromatic heterocycles. The summed E-state index contributed by atoms with van der Waals surface area (Å²) < 4.78 is 5.06. The van der Waals surface area contributed by atoms with E-state index in [1.165, 1.54) is 0 Å². The van der Waals surface area contributed by atoms with Crippen LogP contribution >= 0.6 is 0 Å². The molecule has 3 heterocycles. The number of cyclic esters (lactones) is 1. The second-order valence-corrected chi connectivity index (χ2v) is 6.48. The van der Waals surface area contributed by atoms with E-state index >= 15 is 0 Å². The number of carbonyl (C=O) groups is 2. The molecule has 1 fully saturated rings. The minimum absolute atomic E-state index is 0.182. The summed E-state index contributed by atoms with van der Waals surface area (Å²) in [6.07, 6.45) is 1.23. The minimum Gasteiger partial charge on any atom is -0.449 e. The van der Waals surface area contributed by atoms with Crippen molar-refractivity contribution in [1.29, 1.82) is 0 Å². The van der Waals surface area contributed by atoms with E-state index in [0.29, 0.717) is 56.5 Å². The smallest absolute Gasteiger partial charge is 0.409 e. The van der Waals surface area contributed by atoms with E-state index in [1.54, 1.807) is 4.90 Å². The summed E-state index contributed by atoms with van der Waals surface area (Å²) in [6, 6.07) is 9.57. The van der Waals surface area contributed by atoms with Gasteiger partial charge in [-0.15, -0.1) is 0 Å². The number of aromatic nitrogens is 2. The zero-order valence-corrected chi connectivity index (χ0v) is 14.9. The molecule has 27 heavy (non-hydrogen) atoms. The molecule has 1 aromatic carbocycles. The SMILES string of the molecule is O=C1NCCc2c(NCCN3CCCOC3=O)nc(-c3ccccc3)nc21. The number of fused-ring (bicyclic) bond motifs is 1. The van der Waals surface area contributed by atoms with Crippen LogP contribution in [0.25, 0.3) is 11.4 Å². The predicted octanol–water partition coefficient (Wildman–Crippen LogP) is 1.68. The normalized spacial score (nSPS) is 16.4. The Labute approximate surface area is 156 Å². The van der Waals surface area contributed by atoms with E-state index in [4.69, 9.17) is 4.74 Å². The Morgan fingerprint density at radius 3 is 2.85 bits per heavy atom. The van der Waals surface area contributed by atoms with Crippen LogP contribution < -0.4 is 10.6 Å². The molecule has 8 nitrogen and oxygen atoms in total. The minimum atomic E-state index is -0.280. The highest BCUT2D eigenvalue weighted by molar-refractivity contribution is 5.96. The van der Waals surface area contributed by atoms with E-state index in [2.05, 4.69) is 20.6 Å². The maximum absolute atomic E-state index is 12.3. The molecule has 0 bridgehead atoms. The van der Waals surface area contributed by atoms with Gasteiger partial charge in [0.05, 0.1) is 6.61 Å². The van der Waals surface area contributed by atoms with Crippen molar-refractivity contribution >= 4 is 17.8 Å². The first kappa shape index (κ1) is 17.3. The van der Waals surface area contributed by atoms with Crippen LogP contribution in [0.4, 0.5) is 10.6 Å². The zero-order chi connectivity index (χ0) is 18.6. The molecule has 2 aromatic rings. The fourth-order valence-corrected chi connectivity index (χ4v) is 3.27. The quantitative estimate of drug-likeness (QED) is 0.835. The van der Waals surface area contributed by atoms with Gasteiger partial charge in [0, 0.05) is 37.3 Å². The second-order valence-electron chi connectivity index (χ2n) is 6.48. The van der Waals surface area contributed by atoms with Crippen LogP contribution in [0, 0.1) is 0 Å². The van der Waals surface area contributed by atoms with Crippen molar-refractivity contribution < 1.29 is 14.3 Å². The van der Waals surface area contributed by atoms with Gasteiger partial charge in [-0.3, -0.25) is 4.79 Å². The van der Waals surface area contributed by atoms with E-state index in [-0.39, 0.29) is 12.0 Å². The first-order valence-electron chi connectivity index (χ1n) is 9.12. The molecule has 0 atom stereocenters. The molecule has 140 valence electrons. The second kappa shape index (κ2) is 7.61. The van der Waals surface area contributed by atoms with Crippen molar-refractivity contribution in [3.63, 3.8) is 0 Å². The number of carbonyl (C=O) groups excluding carboxylic acids is 2. The number of hydrogen-bond donors (Lipinski definition) is 2. The lowest BCUT2D eigenvalue weighted by Crippen LogP contribution is -2.40. The summed E-state index contributed by atoms with van der Waals surface area (Å²) in [5, 5.41) is 6.12. The fourth-order valence-electron chi connectivity index (χ4n) is 3.27. The third-order valence-electron chi connectivity index (χ3n) is 4.64. The number of hydrogen-bond acceptors (Lipinski definition) is 6. The molecule has 2 aliphatic rings. The number of nitrogens with zero attached hydrogens (tertiary/aromatic N) is 3. The molecule has 0 unspecified atom stereocenters. The van der Waals surface area contributed by atoms with E-state index in [1.807, 2.05) is 30.3 Å². The van der Waals surface area contributed by atoms with E-state index in [0.717, 1.165) is 17.5 Å². The van der Waals surface area contributed by atoms with Gasteiger partial charge >= 0.3 is 6.09 Å². The van der Waals surface area contributed by atoms with Crippen LogP contribution in [-0.2, 0) is 11.2 Å². The van der Waals surface area contributed by atoms with Gasteiger partial charge in [-0.05, 0) is 12.8 Å². The molecular weight excluding hydrogens is 346 g/mol. The molecule has 0 radical (unpaired) electrons. The number of nitrogens with one attached hydrogen (secondary N) is 2. The van der Waals surface area contributed by atoms with Crippen molar-refractivity contribution in [3.05, 3.63) is 41.6 Å². The lowest BCUT2D eigenvalue weighted by Gasteiger charge is -2.26. The molecule has 2 aliphatic heterocycles. The van der Waals surface area contributed by atoms with Crippen molar-refractivity contribution in [2.24, 2.45) is 0 Å². The molecule has 0 saturated carbocycles. The third kappa shape index (κ3) is 3.69. The van der Waals surface area contributed by atoms with Gasteiger partial charge in [0.15, 0.2) is 5.82 Å². The Bertz CT molecular complexity index is 856. The van der Waals surface area contributed by atoms with E-state index in [9.17, 15) is 9.59 Å². The molecular formula is C19H21N5O3. The summed E-state index contributed by atoms with van der Waals surface area (Å²) in [4.78, 5) is 34.9. The van der Waals surface area contributed by atoms with Crippen LogP contribution in [0.5, 0.6) is 0 Å². The van der Waals surface area contributed by atoms with Crippen molar-refractivity contribution in [3.8, 4) is 11.4 Å². The number of amides is 2. The average Bonchev–Trinajstić information content (AvgIpc) is 2.70. The van der Waals surface area contributed by atoms with Gasteiger partial charge in [0.1, 0.15) is 11.5 Å². The van der Waals surface area contributed by atoms with Gasteiger partial charge in [0.2, 0.25) is 0 Å². The van der Waals surface area contributed by atoms with Gasteiger partial charge in [0.25, 0.3) is 5.91 Å². The Kier molecular flexibility index (Phi) is 4.86. The zero-order valence-electron chi connectivity index (χ0n) is 14.9. The monoisotopic (exact) mass is 367 g/mol. The number of rotatable bonds is 5. The van der Waals surface area contributed by atoms with Crippen LogP contribution in [0.15, 0.2) is 30.3 Å². The van der Waals surface area contributed by atoms with Gasteiger partial charge < -0.3 is 20.3 Å². The van der Waals surface area contributed by atoms with Crippen LogP contribution in [0.2, 0.25) is 0 Å². The number of anilines is 1. The lowest BCUT2D eigenvalue weighted by molar-refractivity contribution is 0.0746. The van der Waals surface area contributed by atoms with Crippen molar-refractivity contribution in [1.82, 2.24) is 20.2 Å².